The summed E-state index contributed by atoms with van der Waals surface area (Å²) in [5, 5.41) is 7.36. The molecule has 2 aliphatic rings. The maximum atomic E-state index is 12.8. The van der Waals surface area contributed by atoms with E-state index in [4.69, 9.17) is 4.74 Å². The Morgan fingerprint density at radius 1 is 1.04 bits per heavy atom. The van der Waals surface area contributed by atoms with Gasteiger partial charge in [0.15, 0.2) is 5.69 Å². The monoisotopic (exact) mass is 383 g/mol. The summed E-state index contributed by atoms with van der Waals surface area (Å²) in [5.41, 5.74) is 2.35. The predicted octanol–water partition coefficient (Wildman–Crippen LogP) is 2.22. The molecule has 1 N–H and O–H groups in total. The van der Waals surface area contributed by atoms with Gasteiger partial charge in [-0.05, 0) is 37.5 Å². The summed E-state index contributed by atoms with van der Waals surface area (Å²) in [7, 11) is 1.59. The van der Waals surface area contributed by atoms with Crippen LogP contribution in [-0.4, -0.2) is 64.8 Å². The van der Waals surface area contributed by atoms with Gasteiger partial charge in [0.2, 0.25) is 0 Å². The first kappa shape index (κ1) is 18.3. The van der Waals surface area contributed by atoms with Gasteiger partial charge in [-0.15, -0.1) is 0 Å². The fourth-order valence-corrected chi connectivity index (χ4v) is 3.70. The van der Waals surface area contributed by atoms with Gasteiger partial charge in [-0.25, -0.2) is 4.79 Å². The van der Waals surface area contributed by atoms with Crippen LogP contribution in [0, 0.1) is 0 Å². The number of ether oxygens (including phenoxy) is 1. The molecule has 0 unspecified atom stereocenters. The van der Waals surface area contributed by atoms with Gasteiger partial charge in [0, 0.05) is 50.2 Å². The first-order valence-electron chi connectivity index (χ1n) is 9.70. The lowest BCUT2D eigenvalue weighted by Crippen LogP contribution is -2.51. The average Bonchev–Trinajstić information content (AvgIpc) is 3.17. The summed E-state index contributed by atoms with van der Waals surface area (Å²) >= 11 is 0. The van der Waals surface area contributed by atoms with Crippen molar-refractivity contribution in [1.29, 1.82) is 0 Å². The van der Waals surface area contributed by atoms with Crippen molar-refractivity contribution >= 4 is 17.6 Å². The summed E-state index contributed by atoms with van der Waals surface area (Å²) in [5.74, 6) is 0.644. The maximum absolute atomic E-state index is 12.8. The molecule has 0 atom stereocenters. The molecule has 28 heavy (non-hydrogen) atoms. The van der Waals surface area contributed by atoms with Gasteiger partial charge in [-0.3, -0.25) is 9.48 Å². The molecular weight excluding hydrogens is 358 g/mol. The lowest BCUT2D eigenvalue weighted by atomic mass is 10.1. The van der Waals surface area contributed by atoms with Gasteiger partial charge in [0.25, 0.3) is 5.91 Å². The van der Waals surface area contributed by atoms with Crippen LogP contribution in [0.1, 0.15) is 29.0 Å². The van der Waals surface area contributed by atoms with E-state index in [0.717, 1.165) is 31.5 Å². The second kappa shape index (κ2) is 7.92. The maximum Gasteiger partial charge on any atom is 0.321 e. The fraction of sp³-hybridized carbons (Fsp3) is 0.450. The van der Waals surface area contributed by atoms with Crippen molar-refractivity contribution in [2.75, 3.05) is 38.6 Å². The highest BCUT2D eigenvalue weighted by Crippen LogP contribution is 2.19. The van der Waals surface area contributed by atoms with Crippen LogP contribution in [0.2, 0.25) is 0 Å². The van der Waals surface area contributed by atoms with Gasteiger partial charge >= 0.3 is 6.03 Å². The van der Waals surface area contributed by atoms with Crippen molar-refractivity contribution in [3.63, 3.8) is 0 Å². The number of rotatable bonds is 3. The molecule has 8 heteroatoms. The molecule has 0 bridgehead atoms. The average molecular weight is 383 g/mol. The van der Waals surface area contributed by atoms with E-state index in [0.29, 0.717) is 43.3 Å². The van der Waals surface area contributed by atoms with Crippen LogP contribution < -0.4 is 10.1 Å². The number of fused-ring (bicyclic) bond motifs is 1. The smallest absolute Gasteiger partial charge is 0.321 e. The Labute approximate surface area is 164 Å². The minimum atomic E-state index is -0.169. The molecule has 8 nitrogen and oxygen atoms in total. The van der Waals surface area contributed by atoms with Crippen LogP contribution >= 0.6 is 0 Å². The molecule has 4 rings (SSSR count). The number of amides is 3. The Morgan fingerprint density at radius 3 is 2.57 bits per heavy atom. The Morgan fingerprint density at radius 2 is 1.82 bits per heavy atom. The van der Waals surface area contributed by atoms with E-state index in [2.05, 4.69) is 10.4 Å². The molecule has 0 saturated carbocycles. The minimum Gasteiger partial charge on any atom is -0.497 e. The summed E-state index contributed by atoms with van der Waals surface area (Å²) in [6, 6.07) is 9.00. The van der Waals surface area contributed by atoms with Crippen LogP contribution in [0.5, 0.6) is 5.75 Å². The standard InChI is InChI=1S/C20H25N5O3/c1-28-17-7-4-5-15(13-17)21-20(27)24-11-9-23(10-12-24)19(26)18-14-16-6-2-3-8-25(16)22-18/h4-5,7,13-14H,2-3,6,8-12H2,1H3,(H,21,27). The van der Waals surface area contributed by atoms with Gasteiger partial charge in [-0.2, -0.15) is 5.10 Å². The Hall–Kier alpha value is -3.03. The number of carbonyl (C=O) groups is 2. The van der Waals surface area contributed by atoms with E-state index in [9.17, 15) is 9.59 Å². The first-order chi connectivity index (χ1) is 13.6. The van der Waals surface area contributed by atoms with E-state index in [1.807, 2.05) is 28.9 Å². The zero-order valence-electron chi connectivity index (χ0n) is 16.1. The van der Waals surface area contributed by atoms with Crippen molar-refractivity contribution in [2.45, 2.75) is 25.8 Å². The van der Waals surface area contributed by atoms with Crippen molar-refractivity contribution in [2.24, 2.45) is 0 Å². The van der Waals surface area contributed by atoms with E-state index < -0.39 is 0 Å². The third-order valence-electron chi connectivity index (χ3n) is 5.31. The molecule has 1 aromatic carbocycles. The molecule has 2 aliphatic heterocycles. The normalized spacial score (nSPS) is 16.5. The number of nitrogens with one attached hydrogen (secondary N) is 1. The van der Waals surface area contributed by atoms with Crippen LogP contribution in [0.4, 0.5) is 10.5 Å². The van der Waals surface area contributed by atoms with Crippen LogP contribution in [0.15, 0.2) is 30.3 Å². The summed E-state index contributed by atoms with van der Waals surface area (Å²) < 4.78 is 7.13. The molecule has 1 fully saturated rings. The van der Waals surface area contributed by atoms with Gasteiger partial charge < -0.3 is 19.9 Å². The number of anilines is 1. The van der Waals surface area contributed by atoms with E-state index in [-0.39, 0.29) is 11.9 Å². The summed E-state index contributed by atoms with van der Waals surface area (Å²) in [6.45, 7) is 2.89. The quantitative estimate of drug-likeness (QED) is 0.881. The number of nitrogens with zero attached hydrogens (tertiary/aromatic N) is 4. The molecule has 0 spiro atoms. The Bertz CT molecular complexity index is 847. The highest BCUT2D eigenvalue weighted by Gasteiger charge is 2.27. The summed E-state index contributed by atoms with van der Waals surface area (Å²) in [4.78, 5) is 28.8. The molecule has 2 aromatic rings. The fourth-order valence-electron chi connectivity index (χ4n) is 3.70. The van der Waals surface area contributed by atoms with Gasteiger partial charge in [0.05, 0.1) is 7.11 Å². The molecule has 148 valence electrons. The number of urea groups is 1. The molecule has 0 aliphatic carbocycles. The number of piperazine rings is 1. The lowest BCUT2D eigenvalue weighted by molar-refractivity contribution is 0.0665. The largest absolute Gasteiger partial charge is 0.497 e. The SMILES string of the molecule is COc1cccc(NC(=O)N2CCN(C(=O)c3cc4n(n3)CCCC4)CC2)c1. The van der Waals surface area contributed by atoms with Crippen molar-refractivity contribution < 1.29 is 14.3 Å². The third kappa shape index (κ3) is 3.81. The first-order valence-corrected chi connectivity index (χ1v) is 9.70. The topological polar surface area (TPSA) is 79.7 Å². The van der Waals surface area contributed by atoms with Crippen LogP contribution in [0.3, 0.4) is 0 Å². The van der Waals surface area contributed by atoms with E-state index in [1.54, 1.807) is 23.0 Å². The number of aryl methyl sites for hydroxylation is 2. The molecule has 0 radical (unpaired) electrons. The molecule has 3 heterocycles. The van der Waals surface area contributed by atoms with Crippen LogP contribution in [0.25, 0.3) is 0 Å². The van der Waals surface area contributed by atoms with Gasteiger partial charge in [-0.1, -0.05) is 6.07 Å². The number of hydrogen-bond acceptors (Lipinski definition) is 4. The molecular formula is C20H25N5O3. The number of aromatic nitrogens is 2. The highest BCUT2D eigenvalue weighted by atomic mass is 16.5. The van der Waals surface area contributed by atoms with Crippen molar-refractivity contribution in [3.8, 4) is 5.75 Å². The highest BCUT2D eigenvalue weighted by molar-refractivity contribution is 5.93. The zero-order chi connectivity index (χ0) is 19.5. The van der Waals surface area contributed by atoms with Crippen molar-refractivity contribution in [3.05, 3.63) is 41.7 Å². The lowest BCUT2D eigenvalue weighted by Gasteiger charge is -2.34. The number of hydrogen-bond donors (Lipinski definition) is 1. The van der Waals surface area contributed by atoms with Crippen LogP contribution in [-0.2, 0) is 13.0 Å². The number of carbonyl (C=O) groups excluding carboxylic acids is 2. The number of benzene rings is 1. The molecule has 3 amide bonds. The molecule has 1 saturated heterocycles. The Balaban J connectivity index is 1.33. The predicted molar refractivity (Wildman–Crippen MR) is 105 cm³/mol. The van der Waals surface area contributed by atoms with Crippen molar-refractivity contribution in [1.82, 2.24) is 19.6 Å². The second-order valence-corrected chi connectivity index (χ2v) is 7.14. The molecule has 1 aromatic heterocycles. The van der Waals surface area contributed by atoms with E-state index >= 15 is 0 Å². The number of methoxy groups -OCH3 is 1. The minimum absolute atomic E-state index is 0.0465. The third-order valence-corrected chi connectivity index (χ3v) is 5.31. The zero-order valence-corrected chi connectivity index (χ0v) is 16.1. The Kier molecular flexibility index (Phi) is 5.18. The van der Waals surface area contributed by atoms with Gasteiger partial charge in [0.1, 0.15) is 5.75 Å². The second-order valence-electron chi connectivity index (χ2n) is 7.14. The van der Waals surface area contributed by atoms with E-state index in [1.165, 1.54) is 0 Å². The summed E-state index contributed by atoms with van der Waals surface area (Å²) in [6.07, 6.45) is 3.25.